The number of fused-ring (bicyclic) bond motifs is 1. The van der Waals surface area contributed by atoms with Gasteiger partial charge in [-0.25, -0.2) is 4.98 Å². The molecular formula is C24H27N3OS. The molecule has 5 heteroatoms. The molecule has 29 heavy (non-hydrogen) atoms. The number of carbonyl (C=O) groups excluding carboxylic acids is 1. The van der Waals surface area contributed by atoms with Crippen LogP contribution in [-0.2, 0) is 4.79 Å². The number of nitrogens with zero attached hydrogens (tertiary/aromatic N) is 3. The number of amides is 1. The van der Waals surface area contributed by atoms with Crippen molar-refractivity contribution >= 4 is 27.5 Å². The molecule has 2 fully saturated rings. The van der Waals surface area contributed by atoms with Crippen LogP contribution in [0.2, 0.25) is 0 Å². The van der Waals surface area contributed by atoms with Gasteiger partial charge in [-0.05, 0) is 56.5 Å². The molecule has 0 saturated carbocycles. The molecule has 0 aliphatic carbocycles. The molecule has 0 bridgehead atoms. The fourth-order valence-electron chi connectivity index (χ4n) is 4.73. The minimum atomic E-state index is -0.127. The molecule has 1 aromatic heterocycles. The Labute approximate surface area is 176 Å². The highest BCUT2D eigenvalue weighted by atomic mass is 32.1. The van der Waals surface area contributed by atoms with E-state index < -0.39 is 0 Å². The topological polar surface area (TPSA) is 36.4 Å². The zero-order chi connectivity index (χ0) is 19.6. The average molecular weight is 406 g/mol. The van der Waals surface area contributed by atoms with Gasteiger partial charge >= 0.3 is 0 Å². The van der Waals surface area contributed by atoms with Crippen LogP contribution in [0.15, 0.2) is 54.6 Å². The zero-order valence-electron chi connectivity index (χ0n) is 16.7. The van der Waals surface area contributed by atoms with Crippen LogP contribution in [0.1, 0.15) is 48.2 Å². The van der Waals surface area contributed by atoms with Crippen molar-refractivity contribution in [2.75, 3.05) is 26.2 Å². The lowest BCUT2D eigenvalue weighted by molar-refractivity contribution is -0.138. The summed E-state index contributed by atoms with van der Waals surface area (Å²) < 4.78 is 1.26. The van der Waals surface area contributed by atoms with Gasteiger partial charge in [0.1, 0.15) is 6.04 Å². The van der Waals surface area contributed by atoms with Crippen LogP contribution < -0.4 is 0 Å². The van der Waals surface area contributed by atoms with Crippen LogP contribution in [0, 0.1) is 0 Å². The molecule has 2 aliphatic rings. The number of benzene rings is 2. The smallest absolute Gasteiger partial charge is 0.244 e. The molecule has 2 aromatic carbocycles. The van der Waals surface area contributed by atoms with Gasteiger partial charge < -0.3 is 4.90 Å². The van der Waals surface area contributed by atoms with E-state index in [1.807, 2.05) is 29.5 Å². The standard InChI is InChI=1S/C24H27N3OS/c28-24(22(26-14-6-7-15-26)18-8-2-1-3-9-18)27-16-12-19(13-17-27)23-25-20-10-4-5-11-21(20)29-23/h1-5,8-11,19,22H,6-7,12-17H2. The zero-order valence-corrected chi connectivity index (χ0v) is 17.5. The van der Waals surface area contributed by atoms with Gasteiger partial charge in [0.25, 0.3) is 0 Å². The predicted octanol–water partition coefficient (Wildman–Crippen LogP) is 4.84. The molecule has 150 valence electrons. The number of aromatic nitrogens is 1. The molecule has 4 nitrogen and oxygen atoms in total. The number of carbonyl (C=O) groups is 1. The highest BCUT2D eigenvalue weighted by Crippen LogP contribution is 2.35. The number of hydrogen-bond donors (Lipinski definition) is 0. The van der Waals surface area contributed by atoms with E-state index in [1.54, 1.807) is 0 Å². The summed E-state index contributed by atoms with van der Waals surface area (Å²) in [4.78, 5) is 22.9. The van der Waals surface area contributed by atoms with Gasteiger partial charge in [-0.2, -0.15) is 0 Å². The summed E-state index contributed by atoms with van der Waals surface area (Å²) in [6.45, 7) is 3.70. The van der Waals surface area contributed by atoms with Crippen LogP contribution in [0.3, 0.4) is 0 Å². The van der Waals surface area contributed by atoms with E-state index in [4.69, 9.17) is 4.98 Å². The van der Waals surface area contributed by atoms with Crippen molar-refractivity contribution in [3.05, 3.63) is 65.2 Å². The van der Waals surface area contributed by atoms with Crippen molar-refractivity contribution in [2.24, 2.45) is 0 Å². The van der Waals surface area contributed by atoms with E-state index in [1.165, 1.54) is 22.5 Å². The Morgan fingerprint density at radius 3 is 2.34 bits per heavy atom. The molecule has 1 atom stereocenters. The fourth-order valence-corrected chi connectivity index (χ4v) is 5.87. The van der Waals surface area contributed by atoms with Crippen LogP contribution in [0.5, 0.6) is 0 Å². The van der Waals surface area contributed by atoms with Crippen molar-refractivity contribution in [3.63, 3.8) is 0 Å². The quantitative estimate of drug-likeness (QED) is 0.623. The van der Waals surface area contributed by atoms with Crippen LogP contribution in [-0.4, -0.2) is 46.9 Å². The average Bonchev–Trinajstić information content (AvgIpc) is 3.45. The first-order chi connectivity index (χ1) is 14.3. The van der Waals surface area contributed by atoms with Crippen molar-refractivity contribution < 1.29 is 4.79 Å². The summed E-state index contributed by atoms with van der Waals surface area (Å²) in [5.74, 6) is 0.749. The van der Waals surface area contributed by atoms with E-state index in [9.17, 15) is 4.79 Å². The normalized spacial score (nSPS) is 19.7. The summed E-state index contributed by atoms with van der Waals surface area (Å²) in [5, 5.41) is 1.23. The molecule has 3 heterocycles. The van der Waals surface area contributed by atoms with E-state index in [0.29, 0.717) is 5.92 Å². The molecule has 3 aromatic rings. The molecule has 0 radical (unpaired) electrons. The van der Waals surface area contributed by atoms with E-state index in [0.717, 1.165) is 50.1 Å². The lowest BCUT2D eigenvalue weighted by atomic mass is 9.96. The summed E-state index contributed by atoms with van der Waals surface area (Å²) in [6, 6.07) is 18.6. The largest absolute Gasteiger partial charge is 0.341 e. The third-order valence-electron chi connectivity index (χ3n) is 6.32. The molecule has 1 amide bonds. The number of hydrogen-bond acceptors (Lipinski definition) is 4. The Morgan fingerprint density at radius 2 is 1.62 bits per heavy atom. The van der Waals surface area contributed by atoms with Crippen LogP contribution in [0.4, 0.5) is 0 Å². The van der Waals surface area contributed by atoms with Crippen molar-refractivity contribution in [2.45, 2.75) is 37.6 Å². The van der Waals surface area contributed by atoms with E-state index >= 15 is 0 Å². The van der Waals surface area contributed by atoms with Gasteiger partial charge in [0.15, 0.2) is 0 Å². The van der Waals surface area contributed by atoms with Crippen molar-refractivity contribution in [1.29, 1.82) is 0 Å². The van der Waals surface area contributed by atoms with Crippen molar-refractivity contribution in [1.82, 2.24) is 14.8 Å². The van der Waals surface area contributed by atoms with Crippen LogP contribution >= 0.6 is 11.3 Å². The second-order valence-electron chi connectivity index (χ2n) is 8.18. The molecular weight excluding hydrogens is 378 g/mol. The monoisotopic (exact) mass is 405 g/mol. The summed E-state index contributed by atoms with van der Waals surface area (Å²) in [6.07, 6.45) is 4.40. The van der Waals surface area contributed by atoms with Gasteiger partial charge in [-0.3, -0.25) is 9.69 Å². The number of rotatable bonds is 4. The molecule has 0 spiro atoms. The Kier molecular flexibility index (Phi) is 5.34. The third-order valence-corrected chi connectivity index (χ3v) is 7.52. The highest BCUT2D eigenvalue weighted by molar-refractivity contribution is 7.18. The maximum atomic E-state index is 13.5. The number of piperidine rings is 1. The number of thiazole rings is 1. The van der Waals surface area contributed by atoms with Crippen LogP contribution in [0.25, 0.3) is 10.2 Å². The van der Waals surface area contributed by atoms with E-state index in [-0.39, 0.29) is 11.9 Å². The Morgan fingerprint density at radius 1 is 0.931 bits per heavy atom. The minimum absolute atomic E-state index is 0.127. The molecule has 2 saturated heterocycles. The number of para-hydroxylation sites is 1. The Hall–Kier alpha value is -2.24. The maximum absolute atomic E-state index is 13.5. The molecule has 0 N–H and O–H groups in total. The summed E-state index contributed by atoms with van der Waals surface area (Å²) >= 11 is 1.81. The van der Waals surface area contributed by atoms with E-state index in [2.05, 4.69) is 46.2 Å². The first kappa shape index (κ1) is 18.8. The lowest BCUT2D eigenvalue weighted by Crippen LogP contribution is -2.45. The van der Waals surface area contributed by atoms with Crippen molar-refractivity contribution in [3.8, 4) is 0 Å². The second kappa shape index (κ2) is 8.25. The number of likely N-dealkylation sites (tertiary alicyclic amines) is 2. The van der Waals surface area contributed by atoms with Gasteiger partial charge in [0, 0.05) is 19.0 Å². The molecule has 5 rings (SSSR count). The Balaban J connectivity index is 1.30. The fraction of sp³-hybridized carbons (Fsp3) is 0.417. The van der Waals surface area contributed by atoms with Gasteiger partial charge in [0.2, 0.25) is 5.91 Å². The maximum Gasteiger partial charge on any atom is 0.244 e. The second-order valence-corrected chi connectivity index (χ2v) is 9.24. The van der Waals surface area contributed by atoms with Gasteiger partial charge in [0.05, 0.1) is 15.2 Å². The lowest BCUT2D eigenvalue weighted by Gasteiger charge is -2.36. The SMILES string of the molecule is O=C(C(c1ccccc1)N1CCCC1)N1CCC(c2nc3ccccc3s2)CC1. The summed E-state index contributed by atoms with van der Waals surface area (Å²) in [5.41, 5.74) is 2.23. The predicted molar refractivity (Wildman–Crippen MR) is 118 cm³/mol. The first-order valence-electron chi connectivity index (χ1n) is 10.7. The summed E-state index contributed by atoms with van der Waals surface area (Å²) in [7, 11) is 0. The highest BCUT2D eigenvalue weighted by Gasteiger charge is 2.35. The van der Waals surface area contributed by atoms with Gasteiger partial charge in [-0.1, -0.05) is 42.5 Å². The molecule has 2 aliphatic heterocycles. The first-order valence-corrected chi connectivity index (χ1v) is 11.5. The minimum Gasteiger partial charge on any atom is -0.341 e. The molecule has 1 unspecified atom stereocenters. The Bertz CT molecular complexity index is 939. The van der Waals surface area contributed by atoms with Gasteiger partial charge in [-0.15, -0.1) is 11.3 Å². The third kappa shape index (κ3) is 3.81.